The van der Waals surface area contributed by atoms with Crippen LogP contribution in [-0.4, -0.2) is 13.1 Å². The smallest absolute Gasteiger partial charge is 0.146 e. The molecule has 0 N–H and O–H groups in total. The quantitative estimate of drug-likeness (QED) is 0.737. The summed E-state index contributed by atoms with van der Waals surface area (Å²) >= 11 is 3.45. The molecule has 0 bridgehead atoms. The first-order valence-corrected chi connectivity index (χ1v) is 7.84. The van der Waals surface area contributed by atoms with Gasteiger partial charge in [-0.15, -0.1) is 0 Å². The largest absolute Gasteiger partial charge is 0.369 e. The highest BCUT2D eigenvalue weighted by molar-refractivity contribution is 9.08. The molecule has 1 aliphatic rings. The lowest BCUT2D eigenvalue weighted by Gasteiger charge is -2.36. The Kier molecular flexibility index (Phi) is 4.66. The van der Waals surface area contributed by atoms with Crippen LogP contribution >= 0.6 is 15.9 Å². The number of alkyl halides is 1. The molecule has 18 heavy (non-hydrogen) atoms. The molecule has 1 nitrogen and oxygen atoms in total. The molecule has 100 valence electrons. The van der Waals surface area contributed by atoms with E-state index in [2.05, 4.69) is 34.7 Å². The molecule has 1 heterocycles. The summed E-state index contributed by atoms with van der Waals surface area (Å²) in [5.41, 5.74) is 1.86. The molecule has 0 atom stereocenters. The van der Waals surface area contributed by atoms with Crippen molar-refractivity contribution in [2.24, 2.45) is 11.8 Å². The Bertz CT molecular complexity index is 397. The van der Waals surface area contributed by atoms with Crippen molar-refractivity contribution in [3.05, 3.63) is 29.6 Å². The lowest BCUT2D eigenvalue weighted by molar-refractivity contribution is 0.310. The van der Waals surface area contributed by atoms with Crippen LogP contribution in [0.25, 0.3) is 0 Å². The van der Waals surface area contributed by atoms with E-state index < -0.39 is 0 Å². The Morgan fingerprint density at radius 2 is 2.00 bits per heavy atom. The first-order valence-electron chi connectivity index (χ1n) is 6.71. The third-order valence-corrected chi connectivity index (χ3v) is 4.62. The standard InChI is InChI=1S/C15H21BrFN/c1-11(2)12-6-8-18(9-7-12)15-13(10-16)4-3-5-14(15)17/h3-5,11-12H,6-10H2,1-2H3. The van der Waals surface area contributed by atoms with Crippen LogP contribution < -0.4 is 4.90 Å². The minimum Gasteiger partial charge on any atom is -0.369 e. The van der Waals surface area contributed by atoms with E-state index in [0.717, 1.165) is 36.2 Å². The average molecular weight is 314 g/mol. The van der Waals surface area contributed by atoms with Gasteiger partial charge in [0, 0.05) is 18.4 Å². The molecule has 0 amide bonds. The highest BCUT2D eigenvalue weighted by Crippen LogP contribution is 2.32. The molecule has 0 aromatic heterocycles. The topological polar surface area (TPSA) is 3.24 Å². The van der Waals surface area contributed by atoms with Crippen LogP contribution in [-0.2, 0) is 5.33 Å². The number of hydrogen-bond acceptors (Lipinski definition) is 1. The Balaban J connectivity index is 2.14. The predicted molar refractivity (Wildman–Crippen MR) is 78.8 cm³/mol. The summed E-state index contributed by atoms with van der Waals surface area (Å²) in [6, 6.07) is 5.36. The number of halogens is 2. The molecule has 0 unspecified atom stereocenters. The van der Waals surface area contributed by atoms with E-state index in [-0.39, 0.29) is 5.82 Å². The highest BCUT2D eigenvalue weighted by atomic mass is 79.9. The Morgan fingerprint density at radius 3 is 2.56 bits per heavy atom. The van der Waals surface area contributed by atoms with E-state index in [9.17, 15) is 4.39 Å². The maximum atomic E-state index is 14.0. The molecular formula is C15H21BrFN. The molecule has 0 spiro atoms. The molecule has 3 heteroatoms. The summed E-state index contributed by atoms with van der Waals surface area (Å²) in [6.07, 6.45) is 2.35. The first kappa shape index (κ1) is 13.9. The van der Waals surface area contributed by atoms with Crippen LogP contribution in [0.4, 0.5) is 10.1 Å². The summed E-state index contributed by atoms with van der Waals surface area (Å²) in [5, 5.41) is 0.713. The SMILES string of the molecule is CC(C)C1CCN(c2c(F)cccc2CBr)CC1. The molecule has 1 aromatic carbocycles. The van der Waals surface area contributed by atoms with Gasteiger partial charge in [-0.2, -0.15) is 0 Å². The van der Waals surface area contributed by atoms with Crippen LogP contribution in [0.3, 0.4) is 0 Å². The summed E-state index contributed by atoms with van der Waals surface area (Å²) < 4.78 is 14.0. The second kappa shape index (κ2) is 6.05. The number of benzene rings is 1. The number of nitrogens with zero attached hydrogens (tertiary/aromatic N) is 1. The summed E-state index contributed by atoms with van der Waals surface area (Å²) in [7, 11) is 0. The van der Waals surface area contributed by atoms with Crippen LogP contribution in [0.15, 0.2) is 18.2 Å². The van der Waals surface area contributed by atoms with Crippen molar-refractivity contribution in [3.63, 3.8) is 0 Å². The van der Waals surface area contributed by atoms with Gasteiger partial charge in [-0.3, -0.25) is 0 Å². The Labute approximate surface area is 118 Å². The molecular weight excluding hydrogens is 293 g/mol. The third-order valence-electron chi connectivity index (χ3n) is 4.01. The molecule has 1 fully saturated rings. The molecule has 1 aromatic rings. The Morgan fingerprint density at radius 1 is 1.33 bits per heavy atom. The summed E-state index contributed by atoms with van der Waals surface area (Å²) in [6.45, 7) is 6.52. The van der Waals surface area contributed by atoms with Crippen LogP contribution in [0.5, 0.6) is 0 Å². The van der Waals surface area contributed by atoms with Gasteiger partial charge in [0.25, 0.3) is 0 Å². The zero-order valence-electron chi connectivity index (χ0n) is 11.1. The number of para-hydroxylation sites is 1. The van der Waals surface area contributed by atoms with Crippen molar-refractivity contribution in [2.45, 2.75) is 32.0 Å². The minimum absolute atomic E-state index is 0.0880. The van der Waals surface area contributed by atoms with E-state index >= 15 is 0 Å². The van der Waals surface area contributed by atoms with E-state index in [0.29, 0.717) is 5.33 Å². The number of hydrogen-bond donors (Lipinski definition) is 0. The van der Waals surface area contributed by atoms with Crippen LogP contribution in [0, 0.1) is 17.7 Å². The fourth-order valence-corrected chi connectivity index (χ4v) is 3.26. The lowest BCUT2D eigenvalue weighted by Crippen LogP contribution is -2.36. The summed E-state index contributed by atoms with van der Waals surface area (Å²) in [5.74, 6) is 1.44. The lowest BCUT2D eigenvalue weighted by atomic mass is 9.86. The molecule has 2 rings (SSSR count). The van der Waals surface area contributed by atoms with Crippen molar-refractivity contribution in [2.75, 3.05) is 18.0 Å². The third kappa shape index (κ3) is 2.87. The highest BCUT2D eigenvalue weighted by Gasteiger charge is 2.24. The monoisotopic (exact) mass is 313 g/mol. The zero-order chi connectivity index (χ0) is 13.1. The summed E-state index contributed by atoms with van der Waals surface area (Å²) in [4.78, 5) is 2.21. The minimum atomic E-state index is -0.0880. The molecule has 0 radical (unpaired) electrons. The van der Waals surface area contributed by atoms with Crippen LogP contribution in [0.2, 0.25) is 0 Å². The normalized spacial score (nSPS) is 17.5. The van der Waals surface area contributed by atoms with Gasteiger partial charge in [0.2, 0.25) is 0 Å². The van der Waals surface area contributed by atoms with Crippen molar-refractivity contribution >= 4 is 21.6 Å². The van der Waals surface area contributed by atoms with Crippen molar-refractivity contribution in [1.82, 2.24) is 0 Å². The van der Waals surface area contributed by atoms with E-state index in [1.807, 2.05) is 6.07 Å². The van der Waals surface area contributed by atoms with Gasteiger partial charge >= 0.3 is 0 Å². The molecule has 0 saturated carbocycles. The van der Waals surface area contributed by atoms with Crippen molar-refractivity contribution in [3.8, 4) is 0 Å². The van der Waals surface area contributed by atoms with Gasteiger partial charge in [-0.1, -0.05) is 41.9 Å². The average Bonchev–Trinajstić information content (AvgIpc) is 2.38. The number of piperidine rings is 1. The zero-order valence-corrected chi connectivity index (χ0v) is 12.7. The van der Waals surface area contributed by atoms with Crippen molar-refractivity contribution < 1.29 is 4.39 Å². The molecule has 0 aliphatic carbocycles. The molecule has 1 aliphatic heterocycles. The second-order valence-electron chi connectivity index (χ2n) is 5.45. The van der Waals surface area contributed by atoms with Gasteiger partial charge in [0.05, 0.1) is 5.69 Å². The van der Waals surface area contributed by atoms with Gasteiger partial charge in [-0.05, 0) is 36.3 Å². The van der Waals surface area contributed by atoms with Gasteiger partial charge in [0.15, 0.2) is 0 Å². The fourth-order valence-electron chi connectivity index (χ4n) is 2.81. The van der Waals surface area contributed by atoms with E-state index in [1.54, 1.807) is 12.1 Å². The van der Waals surface area contributed by atoms with E-state index in [4.69, 9.17) is 0 Å². The first-order chi connectivity index (χ1) is 8.63. The van der Waals surface area contributed by atoms with Gasteiger partial charge in [0.1, 0.15) is 5.82 Å². The van der Waals surface area contributed by atoms with E-state index in [1.165, 1.54) is 12.8 Å². The van der Waals surface area contributed by atoms with Crippen molar-refractivity contribution in [1.29, 1.82) is 0 Å². The Hall–Kier alpha value is -0.570. The van der Waals surface area contributed by atoms with Crippen LogP contribution in [0.1, 0.15) is 32.3 Å². The number of anilines is 1. The molecule has 1 saturated heterocycles. The maximum absolute atomic E-state index is 14.0. The maximum Gasteiger partial charge on any atom is 0.146 e. The predicted octanol–water partition coefficient (Wildman–Crippen LogP) is 4.59. The number of rotatable bonds is 3. The van der Waals surface area contributed by atoms with Gasteiger partial charge in [-0.25, -0.2) is 4.39 Å². The van der Waals surface area contributed by atoms with Gasteiger partial charge < -0.3 is 4.90 Å². The second-order valence-corrected chi connectivity index (χ2v) is 6.01. The fraction of sp³-hybridized carbons (Fsp3) is 0.600.